The Balaban J connectivity index is 0.942. The number of hydrogen-bond acceptors (Lipinski definition) is 3. The molecule has 8 aromatic carbocycles. The van der Waals surface area contributed by atoms with E-state index in [4.69, 9.17) is 15.0 Å². The van der Waals surface area contributed by atoms with Crippen molar-refractivity contribution in [2.45, 2.75) is 24.3 Å². The molecule has 292 valence electrons. The average molecular weight is 792 g/mol. The molecule has 62 heavy (non-hydrogen) atoms. The third-order valence-corrected chi connectivity index (χ3v) is 13.3. The van der Waals surface area contributed by atoms with Crippen LogP contribution in [0.25, 0.3) is 61.7 Å². The van der Waals surface area contributed by atoms with E-state index in [0.717, 1.165) is 62.5 Å². The van der Waals surface area contributed by atoms with E-state index in [1.54, 1.807) is 0 Å². The van der Waals surface area contributed by atoms with Crippen LogP contribution in [-0.4, -0.2) is 15.7 Å². The number of nitrogens with zero attached hydrogens (tertiary/aromatic N) is 3. The molecule has 0 saturated heterocycles. The summed E-state index contributed by atoms with van der Waals surface area (Å²) in [5.41, 5.74) is 19.9. The van der Waals surface area contributed by atoms with Gasteiger partial charge in [0.1, 0.15) is 0 Å². The fourth-order valence-corrected chi connectivity index (χ4v) is 10.4. The van der Waals surface area contributed by atoms with E-state index in [-0.39, 0.29) is 5.54 Å². The number of dihydropyridines is 1. The maximum Gasteiger partial charge on any atom is 0.160 e. The van der Waals surface area contributed by atoms with E-state index in [1.807, 2.05) is 0 Å². The molecule has 1 atom stereocenters. The van der Waals surface area contributed by atoms with Gasteiger partial charge in [-0.05, 0) is 74.2 Å². The first-order valence-electron chi connectivity index (χ1n) is 21.5. The van der Waals surface area contributed by atoms with Crippen molar-refractivity contribution in [1.29, 1.82) is 0 Å². The molecule has 3 nitrogen and oxygen atoms in total. The Kier molecular flexibility index (Phi) is 8.26. The highest BCUT2D eigenvalue weighted by Crippen LogP contribution is 2.64. The van der Waals surface area contributed by atoms with Crippen molar-refractivity contribution in [3.05, 3.63) is 257 Å². The minimum Gasteiger partial charge on any atom is -0.273 e. The van der Waals surface area contributed by atoms with Gasteiger partial charge in [-0.1, -0.05) is 212 Å². The molecular weight excluding hydrogens is 751 g/mol. The monoisotopic (exact) mass is 791 g/mol. The van der Waals surface area contributed by atoms with Gasteiger partial charge in [-0.25, -0.2) is 9.97 Å². The largest absolute Gasteiger partial charge is 0.273 e. The number of aliphatic imine (C=N–C) groups is 1. The second-order valence-electron chi connectivity index (χ2n) is 16.9. The zero-order valence-electron chi connectivity index (χ0n) is 34.3. The number of fused-ring (bicyclic) bond motifs is 10. The molecule has 2 aliphatic carbocycles. The van der Waals surface area contributed by atoms with Crippen LogP contribution in [0.4, 0.5) is 0 Å². The maximum atomic E-state index is 5.53. The summed E-state index contributed by atoms with van der Waals surface area (Å²) in [6.07, 6.45) is 3.11. The van der Waals surface area contributed by atoms with Crippen LogP contribution in [0.2, 0.25) is 0 Å². The number of benzene rings is 8. The molecule has 1 spiro atoms. The molecular formula is C59H41N3. The van der Waals surface area contributed by atoms with Gasteiger partial charge in [0.2, 0.25) is 0 Å². The Morgan fingerprint density at radius 2 is 0.839 bits per heavy atom. The molecule has 1 aromatic heterocycles. The fraction of sp³-hybridized carbons (Fsp3) is 0.0678. The molecule has 12 rings (SSSR count). The average Bonchev–Trinajstić information content (AvgIpc) is 3.82. The van der Waals surface area contributed by atoms with Crippen molar-refractivity contribution in [2.24, 2.45) is 4.99 Å². The zero-order valence-corrected chi connectivity index (χ0v) is 34.3. The smallest absolute Gasteiger partial charge is 0.160 e. The normalized spacial score (nSPS) is 16.5. The lowest BCUT2D eigenvalue weighted by molar-refractivity contribution is 0.510. The van der Waals surface area contributed by atoms with Crippen molar-refractivity contribution >= 4 is 11.3 Å². The molecule has 9 aromatic rings. The van der Waals surface area contributed by atoms with Gasteiger partial charge in [-0.3, -0.25) is 4.99 Å². The summed E-state index contributed by atoms with van der Waals surface area (Å²) in [6, 6.07) is 76.2. The Hall–Kier alpha value is -7.75. The molecule has 0 fully saturated rings. The Bertz CT molecular complexity index is 3190. The van der Waals surface area contributed by atoms with Gasteiger partial charge >= 0.3 is 0 Å². The second-order valence-corrected chi connectivity index (χ2v) is 16.9. The summed E-state index contributed by atoms with van der Waals surface area (Å²) in [7, 11) is 0. The van der Waals surface area contributed by atoms with Crippen LogP contribution in [0.5, 0.6) is 0 Å². The molecule has 0 amide bonds. The maximum absolute atomic E-state index is 5.53. The molecule has 0 saturated carbocycles. The van der Waals surface area contributed by atoms with Crippen LogP contribution >= 0.6 is 0 Å². The van der Waals surface area contributed by atoms with Crippen LogP contribution in [-0.2, 0) is 11.0 Å². The highest BCUT2D eigenvalue weighted by Gasteiger charge is 2.54. The van der Waals surface area contributed by atoms with E-state index in [0.29, 0.717) is 5.82 Å². The van der Waals surface area contributed by atoms with Crippen LogP contribution in [0.1, 0.15) is 52.3 Å². The molecule has 0 N–H and O–H groups in total. The lowest BCUT2D eigenvalue weighted by atomic mass is 9.69. The van der Waals surface area contributed by atoms with Crippen molar-refractivity contribution in [1.82, 2.24) is 9.97 Å². The summed E-state index contributed by atoms with van der Waals surface area (Å²) in [4.78, 5) is 16.5. The predicted molar refractivity (Wildman–Crippen MR) is 254 cm³/mol. The Labute approximate surface area is 362 Å². The Morgan fingerprint density at radius 3 is 1.44 bits per heavy atom. The van der Waals surface area contributed by atoms with Crippen LogP contribution in [0, 0.1) is 0 Å². The fourth-order valence-electron chi connectivity index (χ4n) is 10.4. The van der Waals surface area contributed by atoms with E-state index >= 15 is 0 Å². The highest BCUT2D eigenvalue weighted by atomic mass is 14.9. The van der Waals surface area contributed by atoms with Crippen molar-refractivity contribution < 1.29 is 0 Å². The summed E-state index contributed by atoms with van der Waals surface area (Å²) in [6.45, 7) is 2.26. The summed E-state index contributed by atoms with van der Waals surface area (Å²) >= 11 is 0. The van der Waals surface area contributed by atoms with E-state index < -0.39 is 5.41 Å². The quantitative estimate of drug-likeness (QED) is 0.168. The first-order chi connectivity index (χ1) is 30.6. The molecule has 0 radical (unpaired) electrons. The summed E-state index contributed by atoms with van der Waals surface area (Å²) in [5.74, 6) is 0.716. The summed E-state index contributed by atoms with van der Waals surface area (Å²) < 4.78 is 0. The molecule has 3 aliphatic rings. The van der Waals surface area contributed by atoms with E-state index in [2.05, 4.69) is 225 Å². The first-order valence-corrected chi connectivity index (χ1v) is 21.5. The van der Waals surface area contributed by atoms with Gasteiger partial charge in [0.15, 0.2) is 5.82 Å². The predicted octanol–water partition coefficient (Wildman–Crippen LogP) is 14.0. The van der Waals surface area contributed by atoms with Gasteiger partial charge < -0.3 is 0 Å². The zero-order chi connectivity index (χ0) is 41.3. The van der Waals surface area contributed by atoms with E-state index in [9.17, 15) is 0 Å². The number of hydrogen-bond donors (Lipinski definition) is 0. The molecule has 1 aliphatic heterocycles. The third-order valence-electron chi connectivity index (χ3n) is 13.3. The minimum absolute atomic E-state index is 0.375. The van der Waals surface area contributed by atoms with Crippen LogP contribution in [0.3, 0.4) is 0 Å². The SMILES string of the molecule is CC1(c2ccccc2)CC(c2ccccc2)=CC(c2ccc(-c3ccc(-c4nc(-c5ccccc5)c5c(n4)-c4ccccc4C54c5ccccc5-c5ccccc54)cc3)cc2)=N1. The van der Waals surface area contributed by atoms with Gasteiger partial charge in [0.05, 0.1) is 28.1 Å². The van der Waals surface area contributed by atoms with Gasteiger partial charge in [0.25, 0.3) is 0 Å². The molecule has 1 unspecified atom stereocenters. The third kappa shape index (κ3) is 5.55. The number of aromatic nitrogens is 2. The van der Waals surface area contributed by atoms with E-state index in [1.165, 1.54) is 44.5 Å². The molecule has 3 heteroatoms. The van der Waals surface area contributed by atoms with Gasteiger partial charge in [-0.15, -0.1) is 0 Å². The highest BCUT2D eigenvalue weighted by molar-refractivity contribution is 6.13. The van der Waals surface area contributed by atoms with Crippen molar-refractivity contribution in [3.8, 4) is 56.2 Å². The van der Waals surface area contributed by atoms with Crippen molar-refractivity contribution in [3.63, 3.8) is 0 Å². The molecule has 2 heterocycles. The Morgan fingerprint density at radius 1 is 0.387 bits per heavy atom. The van der Waals surface area contributed by atoms with Crippen molar-refractivity contribution in [2.75, 3.05) is 0 Å². The topological polar surface area (TPSA) is 38.1 Å². The van der Waals surface area contributed by atoms with Crippen LogP contribution < -0.4 is 0 Å². The lowest BCUT2D eigenvalue weighted by Gasteiger charge is -2.32. The first kappa shape index (κ1) is 36.1. The number of allylic oxidation sites excluding steroid dienone is 1. The van der Waals surface area contributed by atoms with Gasteiger partial charge in [-0.2, -0.15) is 0 Å². The summed E-state index contributed by atoms with van der Waals surface area (Å²) in [5, 5.41) is 0. The standard InChI is InChI=1S/C59H41N3/c1-58(46-21-9-4-10-22-46)38-45(39-17-5-2-6-18-39)37-53(62-58)42-33-29-40(30-34-42)41-31-35-44(36-32-41)57-60-55(43-19-7-3-8-20-43)54-56(61-57)49-25-13-16-28-52(49)59(54)50-26-14-11-23-47(50)48-24-12-15-27-51(48)59/h2-37H,38H2,1H3. The second kappa shape index (κ2) is 14.2. The van der Waals surface area contributed by atoms with Crippen LogP contribution in [0.15, 0.2) is 223 Å². The lowest BCUT2D eigenvalue weighted by Crippen LogP contribution is -2.27. The molecule has 0 bridgehead atoms. The van der Waals surface area contributed by atoms with Gasteiger partial charge in [0, 0.05) is 28.7 Å². The minimum atomic E-state index is -0.541. The number of rotatable bonds is 6.